The lowest BCUT2D eigenvalue weighted by molar-refractivity contribution is -0.138. The zero-order valence-electron chi connectivity index (χ0n) is 16.9. The molecule has 1 aliphatic heterocycles. The highest BCUT2D eigenvalue weighted by Crippen LogP contribution is 2.44. The van der Waals surface area contributed by atoms with E-state index in [-0.39, 0.29) is 11.4 Å². The van der Waals surface area contributed by atoms with Crippen molar-refractivity contribution in [1.29, 1.82) is 0 Å². The van der Waals surface area contributed by atoms with Crippen LogP contribution in [0.1, 0.15) is 5.56 Å². The average Bonchev–Trinajstić information content (AvgIpc) is 2.72. The number of benzene rings is 2. The van der Waals surface area contributed by atoms with E-state index in [0.29, 0.717) is 6.07 Å². The predicted octanol–water partition coefficient (Wildman–Crippen LogP) is 5.11. The van der Waals surface area contributed by atoms with E-state index in [1.54, 1.807) is 18.2 Å². The van der Waals surface area contributed by atoms with Crippen LogP contribution in [-0.2, 0) is 16.2 Å². The standard InChI is InChI=1S/C21H19F6N2O3S/c22-20(23,24)14-33(30,31)29(11-5-4-6-16(29)13-28)15-9-10-19(18(12-15)21(25,26)27)32-17-7-2-1-3-8-17/h1-10,12H,11,13-14,28H2/q+1. The van der Waals surface area contributed by atoms with Crippen LogP contribution in [0.4, 0.5) is 32.0 Å². The van der Waals surface area contributed by atoms with Crippen molar-refractivity contribution in [2.75, 3.05) is 18.8 Å². The number of ether oxygens (including phenoxy) is 1. The van der Waals surface area contributed by atoms with Gasteiger partial charge in [0.05, 0.1) is 6.54 Å². The maximum atomic E-state index is 13.9. The van der Waals surface area contributed by atoms with Gasteiger partial charge in [0.2, 0.25) is 0 Å². The molecule has 1 atom stereocenters. The molecule has 1 aliphatic rings. The van der Waals surface area contributed by atoms with Crippen molar-refractivity contribution >= 4 is 15.7 Å². The number of rotatable bonds is 6. The summed E-state index contributed by atoms with van der Waals surface area (Å²) in [6.07, 6.45) is -6.27. The van der Waals surface area contributed by atoms with Gasteiger partial charge in [0, 0.05) is 12.1 Å². The van der Waals surface area contributed by atoms with Crippen LogP contribution in [0, 0.1) is 0 Å². The van der Waals surface area contributed by atoms with E-state index in [2.05, 4.69) is 0 Å². The highest BCUT2D eigenvalue weighted by atomic mass is 32.2. The first-order chi connectivity index (χ1) is 15.3. The van der Waals surface area contributed by atoms with Crippen LogP contribution in [0.3, 0.4) is 0 Å². The van der Waals surface area contributed by atoms with Gasteiger partial charge in [0.1, 0.15) is 29.3 Å². The maximum Gasteiger partial charge on any atom is 0.420 e. The molecule has 5 nitrogen and oxygen atoms in total. The van der Waals surface area contributed by atoms with Crippen molar-refractivity contribution in [2.45, 2.75) is 12.4 Å². The minimum Gasteiger partial charge on any atom is -0.457 e. The summed E-state index contributed by atoms with van der Waals surface area (Å²) in [5.74, 6) is -2.78. The Morgan fingerprint density at radius 3 is 2.24 bits per heavy atom. The minimum atomic E-state index is -5.15. The molecule has 1 unspecified atom stereocenters. The average molecular weight is 493 g/mol. The number of halogens is 6. The summed E-state index contributed by atoms with van der Waals surface area (Å²) in [5, 5.41) is 0. The fourth-order valence-corrected chi connectivity index (χ4v) is 5.43. The van der Waals surface area contributed by atoms with Gasteiger partial charge in [-0.3, -0.25) is 0 Å². The Kier molecular flexibility index (Phi) is 6.65. The molecule has 12 heteroatoms. The normalized spacial score (nSPS) is 19.3. The zero-order chi connectivity index (χ0) is 24.5. The molecular formula is C21H19F6N2O3S+. The van der Waals surface area contributed by atoms with E-state index in [9.17, 15) is 34.8 Å². The highest BCUT2D eigenvalue weighted by Gasteiger charge is 2.53. The maximum absolute atomic E-state index is 13.9. The quantitative estimate of drug-likeness (QED) is 0.449. The Balaban J connectivity index is 2.23. The third-order valence-electron chi connectivity index (χ3n) is 4.94. The number of para-hydroxylation sites is 1. The van der Waals surface area contributed by atoms with E-state index in [4.69, 9.17) is 10.5 Å². The smallest absolute Gasteiger partial charge is 0.420 e. The summed E-state index contributed by atoms with van der Waals surface area (Å²) in [6, 6.07) is 9.93. The van der Waals surface area contributed by atoms with Crippen LogP contribution in [0.25, 0.3) is 0 Å². The van der Waals surface area contributed by atoms with Gasteiger partial charge in [0.15, 0.2) is 11.4 Å². The van der Waals surface area contributed by atoms with Crippen molar-refractivity contribution in [3.8, 4) is 11.5 Å². The molecule has 0 amide bonds. The topological polar surface area (TPSA) is 69.4 Å². The van der Waals surface area contributed by atoms with Gasteiger partial charge in [-0.1, -0.05) is 24.3 Å². The van der Waals surface area contributed by atoms with E-state index in [1.807, 2.05) is 0 Å². The molecule has 0 spiro atoms. The molecule has 0 saturated carbocycles. The SMILES string of the molecule is NCC1=CC=CC[N+]1(c1ccc(Oc2ccccc2)c(C(F)(F)F)c1)S(=O)(=O)CC(F)(F)F. The second-order valence-electron chi connectivity index (χ2n) is 7.15. The van der Waals surface area contributed by atoms with Crippen molar-refractivity contribution in [3.63, 3.8) is 0 Å². The van der Waals surface area contributed by atoms with Gasteiger partial charge in [-0.25, -0.2) is 0 Å². The number of nitrogens with two attached hydrogens (primary N) is 1. The van der Waals surface area contributed by atoms with Crippen molar-refractivity contribution in [1.82, 2.24) is 3.89 Å². The molecule has 0 saturated heterocycles. The Hall–Kier alpha value is -2.83. The molecule has 0 radical (unpaired) electrons. The second kappa shape index (κ2) is 8.84. The number of hydrogen-bond acceptors (Lipinski definition) is 4. The number of sulfonamides is 1. The van der Waals surface area contributed by atoms with E-state index in [0.717, 1.165) is 12.1 Å². The molecule has 178 valence electrons. The Labute approximate surface area is 186 Å². The van der Waals surface area contributed by atoms with Crippen LogP contribution in [-0.4, -0.2) is 33.4 Å². The third-order valence-corrected chi connectivity index (χ3v) is 7.17. The van der Waals surface area contributed by atoms with Gasteiger partial charge >= 0.3 is 22.4 Å². The lowest BCUT2D eigenvalue weighted by Crippen LogP contribution is -2.58. The number of nitrogens with zero attached hydrogens (tertiary/aromatic N) is 1. The highest BCUT2D eigenvalue weighted by molar-refractivity contribution is 7.91. The van der Waals surface area contributed by atoms with Gasteiger partial charge in [0.25, 0.3) is 0 Å². The zero-order valence-corrected chi connectivity index (χ0v) is 17.7. The van der Waals surface area contributed by atoms with Gasteiger partial charge in [-0.05, 0) is 30.4 Å². The van der Waals surface area contributed by atoms with Crippen molar-refractivity contribution < 1.29 is 39.5 Å². The van der Waals surface area contributed by atoms with Gasteiger partial charge in [-0.15, -0.1) is 0 Å². The van der Waals surface area contributed by atoms with Crippen LogP contribution in [0.5, 0.6) is 11.5 Å². The first-order valence-corrected chi connectivity index (χ1v) is 11.1. The van der Waals surface area contributed by atoms with Crippen molar-refractivity contribution in [3.05, 3.63) is 78.0 Å². The molecule has 0 fully saturated rings. The van der Waals surface area contributed by atoms with E-state index in [1.165, 1.54) is 30.4 Å². The monoisotopic (exact) mass is 493 g/mol. The molecule has 2 N–H and O–H groups in total. The Morgan fingerprint density at radius 2 is 1.67 bits per heavy atom. The fourth-order valence-electron chi connectivity index (χ4n) is 3.55. The summed E-state index contributed by atoms with van der Waals surface area (Å²) >= 11 is 0. The van der Waals surface area contributed by atoms with Crippen LogP contribution >= 0.6 is 0 Å². The largest absolute Gasteiger partial charge is 0.457 e. The number of allylic oxidation sites excluding steroid dienone is 2. The molecule has 33 heavy (non-hydrogen) atoms. The molecular weight excluding hydrogens is 474 g/mol. The van der Waals surface area contributed by atoms with E-state index >= 15 is 0 Å². The molecule has 2 aromatic rings. The first-order valence-electron chi connectivity index (χ1n) is 9.49. The number of alkyl halides is 6. The molecule has 1 heterocycles. The van der Waals surface area contributed by atoms with Crippen LogP contribution in [0.2, 0.25) is 0 Å². The summed E-state index contributed by atoms with van der Waals surface area (Å²) < 4.78 is 111. The number of hydrogen-bond donors (Lipinski definition) is 1. The van der Waals surface area contributed by atoms with Gasteiger partial charge in [-0.2, -0.15) is 38.6 Å². The fraction of sp³-hybridized carbons (Fsp3) is 0.238. The summed E-state index contributed by atoms with van der Waals surface area (Å²) in [4.78, 5) is 0. The molecule has 0 aliphatic carbocycles. The lowest BCUT2D eigenvalue weighted by Gasteiger charge is -2.38. The minimum absolute atomic E-state index is 0.0905. The van der Waals surface area contributed by atoms with Gasteiger partial charge < -0.3 is 10.5 Å². The molecule has 3 rings (SSSR count). The third kappa shape index (κ3) is 5.07. The first kappa shape index (κ1) is 24.8. The summed E-state index contributed by atoms with van der Waals surface area (Å²) in [7, 11) is -5.15. The molecule has 2 aromatic carbocycles. The van der Waals surface area contributed by atoms with Crippen LogP contribution in [0.15, 0.2) is 72.5 Å². The predicted molar refractivity (Wildman–Crippen MR) is 111 cm³/mol. The van der Waals surface area contributed by atoms with Crippen LogP contribution < -0.4 is 14.4 Å². The lowest BCUT2D eigenvalue weighted by atomic mass is 10.1. The molecule has 0 aromatic heterocycles. The molecule has 0 bridgehead atoms. The van der Waals surface area contributed by atoms with Crippen molar-refractivity contribution in [2.24, 2.45) is 5.73 Å². The summed E-state index contributed by atoms with van der Waals surface area (Å²) in [5.41, 5.74) is 3.55. The van der Waals surface area contributed by atoms with E-state index < -0.39 is 62.1 Å². The Bertz CT molecular complexity index is 1170. The Morgan fingerprint density at radius 1 is 1.00 bits per heavy atom. The second-order valence-corrected chi connectivity index (χ2v) is 9.22. The summed E-state index contributed by atoms with van der Waals surface area (Å²) in [6.45, 7) is -1.05. The number of quaternary nitrogens is 1.